The Kier molecular flexibility index (Phi) is 4.11. The molecule has 100 valence electrons. The maximum absolute atomic E-state index is 6.58. The molecule has 2 aliphatic rings. The molecule has 0 radical (unpaired) electrons. The van der Waals surface area contributed by atoms with Crippen molar-refractivity contribution in [3.63, 3.8) is 0 Å². The van der Waals surface area contributed by atoms with Crippen LogP contribution in [0.3, 0.4) is 0 Å². The second-order valence-corrected chi connectivity index (χ2v) is 5.71. The molecule has 1 saturated carbocycles. The number of hydrogen-bond acceptors (Lipinski definition) is 3. The normalized spacial score (nSPS) is 37.2. The first-order valence-corrected chi connectivity index (χ1v) is 7.11. The second-order valence-electron chi connectivity index (χ2n) is 5.71. The quantitative estimate of drug-likeness (QED) is 0.823. The molecule has 3 nitrogen and oxygen atoms in total. The fourth-order valence-electron chi connectivity index (χ4n) is 3.33. The van der Waals surface area contributed by atoms with Gasteiger partial charge >= 0.3 is 0 Å². The molecule has 0 atom stereocenters. The molecule has 1 heterocycles. The third-order valence-corrected chi connectivity index (χ3v) is 4.79. The van der Waals surface area contributed by atoms with Crippen molar-refractivity contribution in [2.24, 2.45) is 0 Å². The fourth-order valence-corrected chi connectivity index (χ4v) is 3.33. The van der Waals surface area contributed by atoms with Crippen molar-refractivity contribution < 1.29 is 9.47 Å². The highest BCUT2D eigenvalue weighted by Gasteiger charge is 2.45. The standard InChI is InChI=1S/C14H27NO2/c1-4-13(5-2)10-15-11-14(17-13)8-6-12(16-3)7-9-14/h12,15H,4-11H2,1-3H3. The van der Waals surface area contributed by atoms with E-state index < -0.39 is 0 Å². The van der Waals surface area contributed by atoms with Crippen LogP contribution in [-0.2, 0) is 9.47 Å². The maximum Gasteiger partial charge on any atom is 0.0816 e. The molecule has 1 N–H and O–H groups in total. The predicted octanol–water partition coefficient (Wildman–Crippen LogP) is 2.49. The molecule has 0 unspecified atom stereocenters. The van der Waals surface area contributed by atoms with E-state index in [0.717, 1.165) is 51.6 Å². The number of nitrogens with one attached hydrogen (secondary N) is 1. The van der Waals surface area contributed by atoms with E-state index in [9.17, 15) is 0 Å². The fraction of sp³-hybridized carbons (Fsp3) is 1.00. The van der Waals surface area contributed by atoms with E-state index in [1.807, 2.05) is 7.11 Å². The van der Waals surface area contributed by atoms with Crippen LogP contribution in [0.4, 0.5) is 0 Å². The first-order valence-electron chi connectivity index (χ1n) is 7.11. The van der Waals surface area contributed by atoms with Gasteiger partial charge in [0.05, 0.1) is 17.3 Å². The lowest BCUT2D eigenvalue weighted by Gasteiger charge is -2.51. The molecule has 0 aromatic carbocycles. The SMILES string of the molecule is CCC1(CC)CNCC2(CCC(OC)CC2)O1. The van der Waals surface area contributed by atoms with Gasteiger partial charge in [0.2, 0.25) is 0 Å². The van der Waals surface area contributed by atoms with Gasteiger partial charge in [-0.25, -0.2) is 0 Å². The van der Waals surface area contributed by atoms with Crippen molar-refractivity contribution in [2.45, 2.75) is 69.7 Å². The van der Waals surface area contributed by atoms with Crippen molar-refractivity contribution in [3.8, 4) is 0 Å². The molecule has 1 spiro atoms. The van der Waals surface area contributed by atoms with Crippen LogP contribution in [0.5, 0.6) is 0 Å². The largest absolute Gasteiger partial charge is 0.381 e. The van der Waals surface area contributed by atoms with Gasteiger partial charge in [0, 0.05) is 20.2 Å². The summed E-state index contributed by atoms with van der Waals surface area (Å²) in [5.41, 5.74) is 0.150. The summed E-state index contributed by atoms with van der Waals surface area (Å²) in [5.74, 6) is 0. The van der Waals surface area contributed by atoms with Crippen molar-refractivity contribution in [2.75, 3.05) is 20.2 Å². The molecule has 2 rings (SSSR count). The minimum absolute atomic E-state index is 0.0676. The lowest BCUT2D eigenvalue weighted by Crippen LogP contribution is -2.61. The Hall–Kier alpha value is -0.120. The lowest BCUT2D eigenvalue weighted by atomic mass is 9.80. The van der Waals surface area contributed by atoms with E-state index in [2.05, 4.69) is 19.2 Å². The van der Waals surface area contributed by atoms with E-state index in [0.29, 0.717) is 6.10 Å². The monoisotopic (exact) mass is 241 g/mol. The molecule has 2 fully saturated rings. The Morgan fingerprint density at radius 1 is 1.18 bits per heavy atom. The Balaban J connectivity index is 2.01. The van der Waals surface area contributed by atoms with Gasteiger partial charge < -0.3 is 14.8 Å². The topological polar surface area (TPSA) is 30.5 Å². The highest BCUT2D eigenvalue weighted by molar-refractivity contribution is 4.98. The zero-order valence-corrected chi connectivity index (χ0v) is 11.6. The average Bonchev–Trinajstić information content (AvgIpc) is 2.40. The van der Waals surface area contributed by atoms with E-state index in [1.165, 1.54) is 0 Å². The third-order valence-electron chi connectivity index (χ3n) is 4.79. The number of rotatable bonds is 3. The van der Waals surface area contributed by atoms with Crippen LogP contribution in [0.2, 0.25) is 0 Å². The van der Waals surface area contributed by atoms with Gasteiger partial charge in [-0.05, 0) is 38.5 Å². The van der Waals surface area contributed by atoms with Crippen LogP contribution < -0.4 is 5.32 Å². The molecule has 3 heteroatoms. The Morgan fingerprint density at radius 2 is 1.82 bits per heavy atom. The van der Waals surface area contributed by atoms with Crippen molar-refractivity contribution in [1.29, 1.82) is 0 Å². The zero-order valence-electron chi connectivity index (χ0n) is 11.6. The van der Waals surface area contributed by atoms with E-state index in [-0.39, 0.29) is 11.2 Å². The van der Waals surface area contributed by atoms with Crippen molar-refractivity contribution >= 4 is 0 Å². The van der Waals surface area contributed by atoms with Gasteiger partial charge in [0.1, 0.15) is 0 Å². The summed E-state index contributed by atoms with van der Waals surface area (Å²) in [7, 11) is 1.82. The zero-order chi connectivity index (χ0) is 12.4. The van der Waals surface area contributed by atoms with Crippen LogP contribution in [0, 0.1) is 0 Å². The molecule has 17 heavy (non-hydrogen) atoms. The first-order chi connectivity index (χ1) is 8.17. The number of ether oxygens (including phenoxy) is 2. The van der Waals surface area contributed by atoms with Crippen LogP contribution in [0.1, 0.15) is 52.4 Å². The Labute approximate surface area is 105 Å². The van der Waals surface area contributed by atoms with Crippen LogP contribution >= 0.6 is 0 Å². The first kappa shape index (κ1) is 13.3. The van der Waals surface area contributed by atoms with Crippen molar-refractivity contribution in [1.82, 2.24) is 5.32 Å². The van der Waals surface area contributed by atoms with E-state index in [4.69, 9.17) is 9.47 Å². The molecule has 0 amide bonds. The number of methoxy groups -OCH3 is 1. The van der Waals surface area contributed by atoms with E-state index >= 15 is 0 Å². The van der Waals surface area contributed by atoms with E-state index in [1.54, 1.807) is 0 Å². The molecule has 0 aromatic heterocycles. The smallest absolute Gasteiger partial charge is 0.0816 e. The summed E-state index contributed by atoms with van der Waals surface area (Å²) < 4.78 is 12.0. The summed E-state index contributed by atoms with van der Waals surface area (Å²) in [6.45, 7) is 6.51. The van der Waals surface area contributed by atoms with Gasteiger partial charge in [0.15, 0.2) is 0 Å². The summed E-state index contributed by atoms with van der Waals surface area (Å²) in [4.78, 5) is 0. The summed E-state index contributed by atoms with van der Waals surface area (Å²) >= 11 is 0. The summed E-state index contributed by atoms with van der Waals surface area (Å²) in [6, 6.07) is 0. The summed E-state index contributed by atoms with van der Waals surface area (Å²) in [6.07, 6.45) is 7.21. The van der Waals surface area contributed by atoms with Gasteiger partial charge in [0.25, 0.3) is 0 Å². The molecule has 0 bridgehead atoms. The average molecular weight is 241 g/mol. The second kappa shape index (κ2) is 5.25. The van der Waals surface area contributed by atoms with Gasteiger partial charge in [-0.3, -0.25) is 0 Å². The molecular formula is C14H27NO2. The molecule has 1 aliphatic carbocycles. The molecule has 1 aliphatic heterocycles. The van der Waals surface area contributed by atoms with Gasteiger partial charge in [-0.1, -0.05) is 13.8 Å². The van der Waals surface area contributed by atoms with Crippen molar-refractivity contribution in [3.05, 3.63) is 0 Å². The number of hydrogen-bond donors (Lipinski definition) is 1. The van der Waals surface area contributed by atoms with Crippen LogP contribution in [0.25, 0.3) is 0 Å². The third kappa shape index (κ3) is 2.67. The highest BCUT2D eigenvalue weighted by atomic mass is 16.5. The van der Waals surface area contributed by atoms with Crippen LogP contribution in [0.15, 0.2) is 0 Å². The minimum Gasteiger partial charge on any atom is -0.381 e. The van der Waals surface area contributed by atoms with Crippen LogP contribution in [-0.4, -0.2) is 37.5 Å². The lowest BCUT2D eigenvalue weighted by molar-refractivity contribution is -0.201. The highest BCUT2D eigenvalue weighted by Crippen LogP contribution is 2.39. The Bertz CT molecular complexity index is 243. The Morgan fingerprint density at radius 3 is 2.35 bits per heavy atom. The van der Waals surface area contributed by atoms with Gasteiger partial charge in [-0.2, -0.15) is 0 Å². The predicted molar refractivity (Wildman–Crippen MR) is 69.3 cm³/mol. The number of morpholine rings is 1. The molecular weight excluding hydrogens is 214 g/mol. The maximum atomic E-state index is 6.58. The summed E-state index contributed by atoms with van der Waals surface area (Å²) in [5, 5.41) is 3.61. The molecule has 1 saturated heterocycles. The minimum atomic E-state index is 0.0676. The molecule has 0 aromatic rings. The van der Waals surface area contributed by atoms with Gasteiger partial charge in [-0.15, -0.1) is 0 Å².